The number of fused-ring (bicyclic) bond motifs is 1. The molecule has 0 bridgehead atoms. The van der Waals surface area contributed by atoms with Crippen LogP contribution in [0.25, 0.3) is 15.9 Å². The van der Waals surface area contributed by atoms with Gasteiger partial charge in [0, 0.05) is 6.07 Å². The third-order valence-electron chi connectivity index (χ3n) is 4.66. The average Bonchev–Trinajstić information content (AvgIpc) is 3.17. The van der Waals surface area contributed by atoms with Crippen molar-refractivity contribution in [3.8, 4) is 11.4 Å². The first-order chi connectivity index (χ1) is 13.1. The molecular formula is C21H18N2O3S. The topological polar surface area (TPSA) is 53.2 Å². The number of benzene rings is 2. The summed E-state index contributed by atoms with van der Waals surface area (Å²) in [7, 11) is 1.56. The molecule has 0 spiro atoms. The predicted molar refractivity (Wildman–Crippen MR) is 109 cm³/mol. The van der Waals surface area contributed by atoms with Gasteiger partial charge in [0.05, 0.1) is 24.9 Å². The van der Waals surface area contributed by atoms with Gasteiger partial charge in [0.25, 0.3) is 5.56 Å². The van der Waals surface area contributed by atoms with Gasteiger partial charge in [-0.3, -0.25) is 9.36 Å². The third-order valence-corrected chi connectivity index (χ3v) is 5.55. The van der Waals surface area contributed by atoms with Gasteiger partial charge in [0.2, 0.25) is 0 Å². The molecule has 2 aromatic heterocycles. The van der Waals surface area contributed by atoms with Crippen molar-refractivity contribution in [3.63, 3.8) is 0 Å². The number of aryl methyl sites for hydroxylation is 1. The molecular weight excluding hydrogens is 360 g/mol. The number of rotatable bonds is 4. The smallest absolute Gasteiger partial charge is 0.336 e. The van der Waals surface area contributed by atoms with Crippen LogP contribution in [0.2, 0.25) is 0 Å². The van der Waals surface area contributed by atoms with Crippen LogP contribution in [-0.2, 0) is 6.54 Å². The minimum absolute atomic E-state index is 0.306. The van der Waals surface area contributed by atoms with Gasteiger partial charge in [-0.1, -0.05) is 30.3 Å². The molecule has 4 rings (SSSR count). The highest BCUT2D eigenvalue weighted by molar-refractivity contribution is 7.17. The molecule has 6 heteroatoms. The van der Waals surface area contributed by atoms with Crippen LogP contribution >= 0.6 is 11.3 Å². The van der Waals surface area contributed by atoms with Crippen LogP contribution in [0.15, 0.2) is 69.6 Å². The molecule has 0 aliphatic carbocycles. The Morgan fingerprint density at radius 1 is 1.04 bits per heavy atom. The highest BCUT2D eigenvalue weighted by Gasteiger charge is 2.16. The molecule has 0 amide bonds. The highest BCUT2D eigenvalue weighted by Crippen LogP contribution is 2.20. The summed E-state index contributed by atoms with van der Waals surface area (Å²) >= 11 is 1.35. The first-order valence-electron chi connectivity index (χ1n) is 8.52. The van der Waals surface area contributed by atoms with Gasteiger partial charge in [-0.15, -0.1) is 11.3 Å². The number of methoxy groups -OCH3 is 1. The molecule has 0 unspecified atom stereocenters. The zero-order chi connectivity index (χ0) is 19.0. The Hall–Kier alpha value is -3.12. The Kier molecular flexibility index (Phi) is 4.41. The van der Waals surface area contributed by atoms with Crippen LogP contribution in [0.5, 0.6) is 5.75 Å². The van der Waals surface area contributed by atoms with Crippen LogP contribution in [0, 0.1) is 6.92 Å². The van der Waals surface area contributed by atoms with Gasteiger partial charge in [-0.25, -0.2) is 9.36 Å². The molecule has 2 aromatic carbocycles. The lowest BCUT2D eigenvalue weighted by molar-refractivity contribution is 0.414. The summed E-state index contributed by atoms with van der Waals surface area (Å²) in [6, 6.07) is 16.8. The highest BCUT2D eigenvalue weighted by atomic mass is 32.1. The lowest BCUT2D eigenvalue weighted by Crippen LogP contribution is -2.38. The maximum atomic E-state index is 13.3. The van der Waals surface area contributed by atoms with E-state index in [4.69, 9.17) is 4.74 Å². The number of hydrogen-bond acceptors (Lipinski definition) is 4. The second-order valence-electron chi connectivity index (χ2n) is 6.27. The van der Waals surface area contributed by atoms with Gasteiger partial charge in [-0.05, 0) is 41.6 Å². The molecule has 27 heavy (non-hydrogen) atoms. The van der Waals surface area contributed by atoms with Crippen LogP contribution in [0.3, 0.4) is 0 Å². The van der Waals surface area contributed by atoms with Crippen LogP contribution in [0.1, 0.15) is 11.1 Å². The van der Waals surface area contributed by atoms with Crippen molar-refractivity contribution in [1.82, 2.24) is 9.13 Å². The van der Waals surface area contributed by atoms with Gasteiger partial charge in [0.15, 0.2) is 0 Å². The minimum Gasteiger partial charge on any atom is -0.497 e. The summed E-state index contributed by atoms with van der Waals surface area (Å²) in [4.78, 5) is 26.3. The van der Waals surface area contributed by atoms with E-state index in [1.807, 2.05) is 42.6 Å². The lowest BCUT2D eigenvalue weighted by Gasteiger charge is -2.14. The standard InChI is InChI=1S/C21H18N2O3S/c1-14-6-3-4-7-15(14)13-22-18-10-11-27-19(18)20(24)23(21(22)25)16-8-5-9-17(12-16)26-2/h3-12H,13H2,1-2H3. The molecule has 0 fully saturated rings. The van der Waals surface area contributed by atoms with E-state index in [0.717, 1.165) is 11.1 Å². The Morgan fingerprint density at radius 2 is 1.85 bits per heavy atom. The Balaban J connectivity index is 2.00. The molecule has 136 valence electrons. The van der Waals surface area contributed by atoms with E-state index in [-0.39, 0.29) is 11.2 Å². The quantitative estimate of drug-likeness (QED) is 0.545. The molecule has 0 saturated heterocycles. The number of thiophene rings is 1. The second-order valence-corrected chi connectivity index (χ2v) is 7.19. The normalized spacial score (nSPS) is 11.0. The molecule has 0 N–H and O–H groups in total. The van der Waals surface area contributed by atoms with Crippen LogP contribution in [-0.4, -0.2) is 16.2 Å². The van der Waals surface area contributed by atoms with E-state index >= 15 is 0 Å². The van der Waals surface area contributed by atoms with Gasteiger partial charge < -0.3 is 4.74 Å². The SMILES string of the molecule is COc1cccc(-n2c(=O)c3sccc3n(Cc3ccccc3C)c2=O)c1. The maximum absolute atomic E-state index is 13.3. The molecule has 2 heterocycles. The van der Waals surface area contributed by atoms with Crippen molar-refractivity contribution in [2.75, 3.05) is 7.11 Å². The van der Waals surface area contributed by atoms with Crippen molar-refractivity contribution in [3.05, 3.63) is 91.9 Å². The summed E-state index contributed by atoms with van der Waals surface area (Å²) in [5.41, 5.74) is 2.65. The van der Waals surface area contributed by atoms with Crippen molar-refractivity contribution in [2.24, 2.45) is 0 Å². The van der Waals surface area contributed by atoms with Crippen LogP contribution < -0.4 is 16.0 Å². The van der Waals surface area contributed by atoms with E-state index in [9.17, 15) is 9.59 Å². The molecule has 0 radical (unpaired) electrons. The fourth-order valence-electron chi connectivity index (χ4n) is 3.18. The van der Waals surface area contributed by atoms with E-state index in [0.29, 0.717) is 28.2 Å². The average molecular weight is 378 g/mol. The molecule has 4 aromatic rings. The van der Waals surface area contributed by atoms with E-state index in [1.54, 1.807) is 35.9 Å². The first-order valence-corrected chi connectivity index (χ1v) is 9.40. The lowest BCUT2D eigenvalue weighted by atomic mass is 10.1. The minimum atomic E-state index is -0.359. The number of nitrogens with zero attached hydrogens (tertiary/aromatic N) is 2. The summed E-state index contributed by atoms with van der Waals surface area (Å²) in [6.45, 7) is 2.42. The van der Waals surface area contributed by atoms with Crippen molar-refractivity contribution < 1.29 is 4.74 Å². The fourth-order valence-corrected chi connectivity index (χ4v) is 4.00. The summed E-state index contributed by atoms with van der Waals surface area (Å²) < 4.78 is 8.69. The van der Waals surface area contributed by atoms with Crippen LogP contribution in [0.4, 0.5) is 0 Å². The summed E-state index contributed by atoms with van der Waals surface area (Å²) in [5, 5.41) is 1.84. The first kappa shape index (κ1) is 17.3. The van der Waals surface area contributed by atoms with Crippen molar-refractivity contribution in [1.29, 1.82) is 0 Å². The van der Waals surface area contributed by atoms with Gasteiger partial charge in [-0.2, -0.15) is 0 Å². The zero-order valence-corrected chi connectivity index (χ0v) is 15.8. The van der Waals surface area contributed by atoms with E-state index in [2.05, 4.69) is 0 Å². The van der Waals surface area contributed by atoms with Crippen molar-refractivity contribution >= 4 is 21.6 Å². The van der Waals surface area contributed by atoms with E-state index < -0.39 is 0 Å². The van der Waals surface area contributed by atoms with E-state index in [1.165, 1.54) is 15.9 Å². The largest absolute Gasteiger partial charge is 0.497 e. The van der Waals surface area contributed by atoms with Gasteiger partial charge >= 0.3 is 5.69 Å². The molecule has 0 saturated carbocycles. The number of ether oxygens (including phenoxy) is 1. The number of hydrogen-bond donors (Lipinski definition) is 0. The molecule has 0 atom stereocenters. The predicted octanol–water partition coefficient (Wildman–Crippen LogP) is 3.58. The maximum Gasteiger partial charge on any atom is 0.336 e. The third kappa shape index (κ3) is 2.98. The van der Waals surface area contributed by atoms with Crippen molar-refractivity contribution in [2.45, 2.75) is 13.5 Å². The van der Waals surface area contributed by atoms with Gasteiger partial charge in [0.1, 0.15) is 10.4 Å². The summed E-state index contributed by atoms with van der Waals surface area (Å²) in [6.07, 6.45) is 0. The monoisotopic (exact) mass is 378 g/mol. The number of aromatic nitrogens is 2. The zero-order valence-electron chi connectivity index (χ0n) is 15.0. The molecule has 0 aliphatic rings. The molecule has 5 nitrogen and oxygen atoms in total. The molecule has 0 aliphatic heterocycles. The fraction of sp³-hybridized carbons (Fsp3) is 0.143. The summed E-state index contributed by atoms with van der Waals surface area (Å²) in [5.74, 6) is 0.593. The second kappa shape index (κ2) is 6.89. The Labute approximate surface area is 159 Å². The Bertz CT molecular complexity index is 1250. The Morgan fingerprint density at radius 3 is 2.63 bits per heavy atom.